The third-order valence-corrected chi connectivity index (χ3v) is 5.96. The van der Waals surface area contributed by atoms with Crippen LogP contribution in [0.15, 0.2) is 36.4 Å². The molecule has 0 saturated heterocycles. The van der Waals surface area contributed by atoms with E-state index in [1.165, 1.54) is 35.1 Å². The predicted molar refractivity (Wildman–Crippen MR) is 128 cm³/mol. The summed E-state index contributed by atoms with van der Waals surface area (Å²) in [5.41, 5.74) is 5.75. The number of nitrogens with zero attached hydrogens (tertiary/aromatic N) is 1. The Hall–Kier alpha value is -2.09. The van der Waals surface area contributed by atoms with Gasteiger partial charge in [0.15, 0.2) is 0 Å². The minimum atomic E-state index is -3.67. The first-order chi connectivity index (χ1) is 15.2. The third-order valence-electron chi connectivity index (χ3n) is 5.96. The van der Waals surface area contributed by atoms with E-state index in [2.05, 4.69) is 55.3 Å². The molecular formula is C25H35NO5S. The number of hydrogen-bond donors (Lipinski definition) is 1. The van der Waals surface area contributed by atoms with Crippen molar-refractivity contribution in [3.8, 4) is 11.5 Å². The smallest absolute Gasteiger partial charge is 0.261 e. The molecule has 32 heavy (non-hydrogen) atoms. The largest absolute Gasteiger partial charge is 0.494 e. The summed E-state index contributed by atoms with van der Waals surface area (Å²) in [6.07, 6.45) is 6.57. The Morgan fingerprint density at radius 1 is 1.22 bits per heavy atom. The number of rotatable bonds is 7. The highest BCUT2D eigenvalue weighted by molar-refractivity contribution is 7.85. The highest BCUT2D eigenvalue weighted by Crippen LogP contribution is 2.37. The van der Waals surface area contributed by atoms with Gasteiger partial charge >= 0.3 is 0 Å². The van der Waals surface area contributed by atoms with Crippen LogP contribution in [-0.2, 0) is 29.4 Å². The molecule has 0 radical (unpaired) electrons. The number of fused-ring (bicyclic) bond motifs is 2. The van der Waals surface area contributed by atoms with Crippen LogP contribution in [0.4, 0.5) is 0 Å². The van der Waals surface area contributed by atoms with E-state index in [1.54, 1.807) is 0 Å². The van der Waals surface area contributed by atoms with Crippen molar-refractivity contribution in [1.82, 2.24) is 4.90 Å². The van der Waals surface area contributed by atoms with Gasteiger partial charge in [0.2, 0.25) is 0 Å². The molecule has 0 bridgehead atoms. The number of ether oxygens (including phenoxy) is 2. The van der Waals surface area contributed by atoms with E-state index < -0.39 is 10.1 Å². The summed E-state index contributed by atoms with van der Waals surface area (Å²) in [4.78, 5) is 2.50. The molecule has 4 rings (SSSR count). The van der Waals surface area contributed by atoms with Crippen LogP contribution in [0.25, 0.3) is 0 Å². The Bertz CT molecular complexity index is 997. The standard InChI is InChI=1S/C24H31NO2.CH4O3S/c1-3-26-24-9-5-7-21-20(6-4-8-22(21)24)17-25(2)14-12-18-10-11-23-19(16-18)13-15-27-23;1-5(2,3)4/h5,7,9-11,16,20H,3-4,6,8,12-15,17H2,1-2H3;1H3,(H,2,3,4)/t20-;/m0./s1. The topological polar surface area (TPSA) is 76.1 Å². The van der Waals surface area contributed by atoms with Crippen molar-refractivity contribution in [3.63, 3.8) is 0 Å². The number of likely N-dealkylation sites (N-methyl/N-ethyl adjacent to an activating group) is 1. The van der Waals surface area contributed by atoms with E-state index in [-0.39, 0.29) is 0 Å². The molecule has 2 aromatic carbocycles. The molecule has 0 unspecified atom stereocenters. The molecule has 1 atom stereocenters. The van der Waals surface area contributed by atoms with Crippen molar-refractivity contribution in [3.05, 3.63) is 58.7 Å². The number of benzene rings is 2. The van der Waals surface area contributed by atoms with E-state index in [0.717, 1.165) is 57.1 Å². The van der Waals surface area contributed by atoms with E-state index in [0.29, 0.717) is 12.2 Å². The lowest BCUT2D eigenvalue weighted by Crippen LogP contribution is -2.28. The Morgan fingerprint density at radius 2 is 2.00 bits per heavy atom. The summed E-state index contributed by atoms with van der Waals surface area (Å²) in [7, 11) is -1.41. The zero-order chi connectivity index (χ0) is 23.1. The van der Waals surface area contributed by atoms with Gasteiger partial charge in [0.05, 0.1) is 19.5 Å². The normalized spacial score (nSPS) is 17.1. The maximum atomic E-state index is 9.19. The van der Waals surface area contributed by atoms with Crippen LogP contribution < -0.4 is 9.47 Å². The van der Waals surface area contributed by atoms with Gasteiger partial charge in [-0.2, -0.15) is 8.42 Å². The van der Waals surface area contributed by atoms with E-state index >= 15 is 0 Å². The van der Waals surface area contributed by atoms with Gasteiger partial charge in [-0.1, -0.05) is 24.3 Å². The molecular weight excluding hydrogens is 426 g/mol. The summed E-state index contributed by atoms with van der Waals surface area (Å²) in [6.45, 7) is 5.86. The molecule has 0 amide bonds. The highest BCUT2D eigenvalue weighted by Gasteiger charge is 2.24. The quantitative estimate of drug-likeness (QED) is 0.625. The third kappa shape index (κ3) is 7.22. The lowest BCUT2D eigenvalue weighted by molar-refractivity contribution is 0.296. The molecule has 0 spiro atoms. The molecule has 6 nitrogen and oxygen atoms in total. The van der Waals surface area contributed by atoms with Crippen molar-refractivity contribution in [2.24, 2.45) is 0 Å². The van der Waals surface area contributed by atoms with Crippen LogP contribution in [0.5, 0.6) is 11.5 Å². The lowest BCUT2D eigenvalue weighted by Gasteiger charge is -2.30. The van der Waals surface area contributed by atoms with Gasteiger partial charge in [-0.25, -0.2) is 0 Å². The van der Waals surface area contributed by atoms with Crippen molar-refractivity contribution in [2.45, 2.75) is 44.9 Å². The van der Waals surface area contributed by atoms with Crippen LogP contribution in [0.2, 0.25) is 0 Å². The second-order valence-corrected chi connectivity index (χ2v) is 10.1. The van der Waals surface area contributed by atoms with E-state index in [1.807, 2.05) is 0 Å². The maximum Gasteiger partial charge on any atom is 0.261 e. The molecule has 1 aliphatic heterocycles. The second-order valence-electron chi connectivity index (χ2n) is 8.63. The highest BCUT2D eigenvalue weighted by atomic mass is 32.2. The zero-order valence-corrected chi connectivity index (χ0v) is 20.2. The summed E-state index contributed by atoms with van der Waals surface area (Å²) >= 11 is 0. The van der Waals surface area contributed by atoms with Crippen LogP contribution in [-0.4, -0.2) is 57.5 Å². The van der Waals surface area contributed by atoms with Gasteiger partial charge in [-0.15, -0.1) is 0 Å². The first kappa shape index (κ1) is 24.6. The summed E-state index contributed by atoms with van der Waals surface area (Å²) in [5, 5.41) is 0. The van der Waals surface area contributed by atoms with Crippen LogP contribution >= 0.6 is 0 Å². The molecule has 176 valence electrons. The van der Waals surface area contributed by atoms with Crippen molar-refractivity contribution in [1.29, 1.82) is 0 Å². The molecule has 0 saturated carbocycles. The Morgan fingerprint density at radius 3 is 2.75 bits per heavy atom. The minimum Gasteiger partial charge on any atom is -0.494 e. The molecule has 7 heteroatoms. The monoisotopic (exact) mass is 461 g/mol. The second kappa shape index (κ2) is 11.2. The fourth-order valence-corrected chi connectivity index (χ4v) is 4.58. The average molecular weight is 462 g/mol. The van der Waals surface area contributed by atoms with E-state index in [9.17, 15) is 8.42 Å². The van der Waals surface area contributed by atoms with Crippen molar-refractivity contribution >= 4 is 10.1 Å². The Balaban J connectivity index is 0.000000523. The molecule has 1 N–H and O–H groups in total. The first-order valence-corrected chi connectivity index (χ1v) is 13.2. The van der Waals surface area contributed by atoms with Crippen LogP contribution in [0.1, 0.15) is 47.9 Å². The van der Waals surface area contributed by atoms with Gasteiger partial charge in [0, 0.05) is 19.5 Å². The summed E-state index contributed by atoms with van der Waals surface area (Å²) < 4.78 is 37.4. The molecule has 0 aromatic heterocycles. The van der Waals surface area contributed by atoms with Gasteiger partial charge in [0.1, 0.15) is 11.5 Å². The van der Waals surface area contributed by atoms with Gasteiger partial charge in [0.25, 0.3) is 10.1 Å². The van der Waals surface area contributed by atoms with Gasteiger partial charge in [-0.3, -0.25) is 4.55 Å². The first-order valence-electron chi connectivity index (χ1n) is 11.3. The molecule has 0 fully saturated rings. The number of hydrogen-bond acceptors (Lipinski definition) is 5. The maximum absolute atomic E-state index is 9.19. The lowest BCUT2D eigenvalue weighted by atomic mass is 9.82. The minimum absolute atomic E-state index is 0.618. The van der Waals surface area contributed by atoms with Gasteiger partial charge < -0.3 is 14.4 Å². The molecule has 1 heterocycles. The Labute approximate surface area is 192 Å². The molecule has 2 aromatic rings. The predicted octanol–water partition coefficient (Wildman–Crippen LogP) is 4.12. The zero-order valence-electron chi connectivity index (χ0n) is 19.3. The average Bonchev–Trinajstić information content (AvgIpc) is 3.20. The molecule has 2 aliphatic rings. The fourth-order valence-electron chi connectivity index (χ4n) is 4.58. The van der Waals surface area contributed by atoms with Crippen LogP contribution in [0, 0.1) is 0 Å². The SMILES string of the molecule is CCOc1cccc2c1CCC[C@H]2CN(C)CCc1ccc2c(c1)CCO2.CS(=O)(=O)O. The molecule has 1 aliphatic carbocycles. The van der Waals surface area contributed by atoms with Crippen molar-refractivity contribution < 1.29 is 22.4 Å². The van der Waals surface area contributed by atoms with Crippen molar-refractivity contribution in [2.75, 3.05) is 39.6 Å². The Kier molecular flexibility index (Phi) is 8.57. The van der Waals surface area contributed by atoms with Gasteiger partial charge in [-0.05, 0) is 80.0 Å². The summed E-state index contributed by atoms with van der Waals surface area (Å²) in [6, 6.07) is 13.3. The fraction of sp³-hybridized carbons (Fsp3) is 0.520. The summed E-state index contributed by atoms with van der Waals surface area (Å²) in [5.74, 6) is 2.80. The van der Waals surface area contributed by atoms with E-state index in [4.69, 9.17) is 14.0 Å². The van der Waals surface area contributed by atoms with Crippen LogP contribution in [0.3, 0.4) is 0 Å².